The molecule has 1 aliphatic rings. The summed E-state index contributed by atoms with van der Waals surface area (Å²) in [6.45, 7) is 1.09. The second kappa shape index (κ2) is 8.26. The van der Waals surface area contributed by atoms with Gasteiger partial charge >= 0.3 is 6.09 Å². The molecule has 9 heteroatoms. The Bertz CT molecular complexity index is 840. The zero-order valence-electron chi connectivity index (χ0n) is 14.4. The molecule has 0 unspecified atom stereocenters. The van der Waals surface area contributed by atoms with Crippen LogP contribution in [0.1, 0.15) is 5.56 Å². The van der Waals surface area contributed by atoms with E-state index in [4.69, 9.17) is 14.2 Å². The van der Waals surface area contributed by atoms with Gasteiger partial charge in [0.05, 0.1) is 11.5 Å². The minimum atomic E-state index is -1.14. The van der Waals surface area contributed by atoms with Crippen LogP contribution in [-0.2, 0) is 6.54 Å². The maximum absolute atomic E-state index is 11.5. The van der Waals surface area contributed by atoms with Gasteiger partial charge in [0.25, 0.3) is 5.69 Å². The van der Waals surface area contributed by atoms with Crippen LogP contribution >= 0.6 is 0 Å². The van der Waals surface area contributed by atoms with Crippen molar-refractivity contribution in [2.45, 2.75) is 6.54 Å². The third-order valence-electron chi connectivity index (χ3n) is 3.91. The number of hydrogen-bond donors (Lipinski definition) is 1. The Morgan fingerprint density at radius 2 is 2.00 bits per heavy atom. The molecule has 0 bridgehead atoms. The van der Waals surface area contributed by atoms with E-state index < -0.39 is 11.0 Å². The summed E-state index contributed by atoms with van der Waals surface area (Å²) >= 11 is 0. The van der Waals surface area contributed by atoms with Crippen LogP contribution in [0.5, 0.6) is 17.2 Å². The molecule has 9 nitrogen and oxygen atoms in total. The van der Waals surface area contributed by atoms with Crippen LogP contribution in [0.25, 0.3) is 0 Å². The van der Waals surface area contributed by atoms with Gasteiger partial charge < -0.3 is 24.2 Å². The molecular weight excluding hydrogens is 356 g/mol. The Morgan fingerprint density at radius 3 is 2.78 bits per heavy atom. The van der Waals surface area contributed by atoms with E-state index in [2.05, 4.69) is 0 Å². The number of carbonyl (C=O) groups is 1. The average molecular weight is 374 g/mol. The Morgan fingerprint density at radius 1 is 1.22 bits per heavy atom. The Kier molecular flexibility index (Phi) is 5.60. The number of hydrogen-bond acceptors (Lipinski definition) is 6. The number of carboxylic acid groups (broad SMARTS) is 1. The highest BCUT2D eigenvalue weighted by Crippen LogP contribution is 2.38. The van der Waals surface area contributed by atoms with Crippen LogP contribution in [0.15, 0.2) is 42.5 Å². The topological polar surface area (TPSA) is 111 Å². The van der Waals surface area contributed by atoms with Gasteiger partial charge in [-0.1, -0.05) is 18.2 Å². The van der Waals surface area contributed by atoms with E-state index in [-0.39, 0.29) is 25.4 Å². The summed E-state index contributed by atoms with van der Waals surface area (Å²) in [5.74, 6) is 1.57. The second-order valence-electron chi connectivity index (χ2n) is 5.76. The second-order valence-corrected chi connectivity index (χ2v) is 5.76. The van der Waals surface area contributed by atoms with Gasteiger partial charge in [0.2, 0.25) is 5.75 Å². The average Bonchev–Trinajstić information content (AvgIpc) is 2.67. The van der Waals surface area contributed by atoms with E-state index in [1.807, 2.05) is 0 Å². The minimum absolute atomic E-state index is 0.0207. The van der Waals surface area contributed by atoms with Crippen molar-refractivity contribution >= 4 is 11.8 Å². The highest BCUT2D eigenvalue weighted by Gasteiger charge is 2.18. The monoisotopic (exact) mass is 374 g/mol. The standard InChI is InChI=1S/C18H18N2O7/c21-18(22)19(12-13-3-1-4-14(11-13)20(23)24)7-8-25-15-5-2-6-16-17(15)27-10-9-26-16/h1-6,11H,7-10,12H2,(H,21,22). The number of ether oxygens (including phenoxy) is 3. The molecule has 0 spiro atoms. The van der Waals surface area contributed by atoms with Crippen LogP contribution < -0.4 is 14.2 Å². The fourth-order valence-electron chi connectivity index (χ4n) is 2.66. The van der Waals surface area contributed by atoms with E-state index in [1.54, 1.807) is 24.3 Å². The van der Waals surface area contributed by atoms with Gasteiger partial charge in [-0.25, -0.2) is 4.79 Å². The lowest BCUT2D eigenvalue weighted by Gasteiger charge is -2.22. The molecule has 0 atom stereocenters. The number of nitro groups is 1. The van der Waals surface area contributed by atoms with Crippen LogP contribution in [-0.4, -0.2) is 47.4 Å². The van der Waals surface area contributed by atoms with Gasteiger partial charge in [0.15, 0.2) is 11.5 Å². The Balaban J connectivity index is 1.62. The van der Waals surface area contributed by atoms with Crippen LogP contribution in [0.3, 0.4) is 0 Å². The first-order valence-corrected chi connectivity index (χ1v) is 8.27. The van der Waals surface area contributed by atoms with Crippen molar-refractivity contribution in [3.05, 3.63) is 58.1 Å². The summed E-state index contributed by atoms with van der Waals surface area (Å²) in [5.41, 5.74) is 0.447. The van der Waals surface area contributed by atoms with Crippen molar-refractivity contribution in [2.75, 3.05) is 26.4 Å². The molecular formula is C18H18N2O7. The fourth-order valence-corrected chi connectivity index (χ4v) is 2.66. The molecule has 1 aliphatic heterocycles. The molecule has 0 fully saturated rings. The zero-order valence-corrected chi connectivity index (χ0v) is 14.4. The third-order valence-corrected chi connectivity index (χ3v) is 3.91. The largest absolute Gasteiger partial charge is 0.488 e. The number of para-hydroxylation sites is 1. The van der Waals surface area contributed by atoms with Crippen molar-refractivity contribution in [3.63, 3.8) is 0 Å². The van der Waals surface area contributed by atoms with Gasteiger partial charge in [-0.3, -0.25) is 10.1 Å². The molecule has 0 radical (unpaired) electrons. The Labute approximate surface area is 154 Å². The smallest absolute Gasteiger partial charge is 0.407 e. The van der Waals surface area contributed by atoms with Crippen molar-refractivity contribution < 1.29 is 29.0 Å². The maximum atomic E-state index is 11.5. The molecule has 1 N–H and O–H groups in total. The number of nitro benzene ring substituents is 1. The number of amides is 1. The van der Waals surface area contributed by atoms with E-state index in [9.17, 15) is 20.0 Å². The summed E-state index contributed by atoms with van der Waals surface area (Å²) in [4.78, 5) is 23.0. The molecule has 2 aromatic rings. The van der Waals surface area contributed by atoms with E-state index in [1.165, 1.54) is 18.2 Å². The number of rotatable bonds is 7. The van der Waals surface area contributed by atoms with E-state index >= 15 is 0 Å². The summed E-state index contributed by atoms with van der Waals surface area (Å²) in [6.07, 6.45) is -1.14. The van der Waals surface area contributed by atoms with Crippen LogP contribution in [0.2, 0.25) is 0 Å². The normalized spacial score (nSPS) is 12.3. The number of benzene rings is 2. The fraction of sp³-hybridized carbons (Fsp3) is 0.278. The molecule has 1 amide bonds. The van der Waals surface area contributed by atoms with Gasteiger partial charge in [-0.15, -0.1) is 0 Å². The van der Waals surface area contributed by atoms with Crippen molar-refractivity contribution in [1.82, 2.24) is 4.90 Å². The molecule has 142 valence electrons. The summed E-state index contributed by atoms with van der Waals surface area (Å²) < 4.78 is 16.7. The highest BCUT2D eigenvalue weighted by atomic mass is 16.6. The number of nitrogens with zero attached hydrogens (tertiary/aromatic N) is 2. The molecule has 1 heterocycles. The van der Waals surface area contributed by atoms with Crippen molar-refractivity contribution in [2.24, 2.45) is 0 Å². The summed E-state index contributed by atoms with van der Waals surface area (Å²) in [5, 5.41) is 20.2. The number of non-ortho nitro benzene ring substituents is 1. The first-order chi connectivity index (χ1) is 13.0. The molecule has 0 aliphatic carbocycles. The maximum Gasteiger partial charge on any atom is 0.407 e. The third kappa shape index (κ3) is 4.57. The molecule has 27 heavy (non-hydrogen) atoms. The number of fused-ring (bicyclic) bond motifs is 1. The van der Waals surface area contributed by atoms with E-state index in [0.29, 0.717) is 36.0 Å². The van der Waals surface area contributed by atoms with Gasteiger partial charge in [0.1, 0.15) is 19.8 Å². The van der Waals surface area contributed by atoms with Crippen molar-refractivity contribution in [3.8, 4) is 17.2 Å². The van der Waals surface area contributed by atoms with Gasteiger partial charge in [-0.2, -0.15) is 0 Å². The predicted molar refractivity (Wildman–Crippen MR) is 94.5 cm³/mol. The van der Waals surface area contributed by atoms with Gasteiger partial charge in [0, 0.05) is 18.7 Å². The van der Waals surface area contributed by atoms with E-state index in [0.717, 1.165) is 4.90 Å². The molecule has 2 aromatic carbocycles. The first-order valence-electron chi connectivity index (χ1n) is 8.27. The highest BCUT2D eigenvalue weighted by molar-refractivity contribution is 5.65. The Hall–Kier alpha value is -3.49. The summed E-state index contributed by atoms with van der Waals surface area (Å²) in [6, 6.07) is 11.1. The summed E-state index contributed by atoms with van der Waals surface area (Å²) in [7, 11) is 0. The van der Waals surface area contributed by atoms with Crippen LogP contribution in [0.4, 0.5) is 10.5 Å². The molecule has 0 saturated carbocycles. The lowest BCUT2D eigenvalue weighted by molar-refractivity contribution is -0.384. The van der Waals surface area contributed by atoms with Gasteiger partial charge in [-0.05, 0) is 17.7 Å². The first kappa shape index (κ1) is 18.3. The minimum Gasteiger partial charge on any atom is -0.488 e. The zero-order chi connectivity index (χ0) is 19.2. The lowest BCUT2D eigenvalue weighted by Crippen LogP contribution is -2.33. The molecule has 0 aromatic heterocycles. The lowest BCUT2D eigenvalue weighted by atomic mass is 10.2. The quantitative estimate of drug-likeness (QED) is 0.586. The van der Waals surface area contributed by atoms with Crippen LogP contribution in [0, 0.1) is 10.1 Å². The molecule has 0 saturated heterocycles. The predicted octanol–water partition coefficient (Wildman–Crippen LogP) is 2.93. The SMILES string of the molecule is O=C(O)N(CCOc1cccc2c1OCCO2)Cc1cccc([N+](=O)[O-])c1. The molecule has 3 rings (SSSR count). The van der Waals surface area contributed by atoms with Crippen molar-refractivity contribution in [1.29, 1.82) is 0 Å².